The van der Waals surface area contributed by atoms with Gasteiger partial charge >= 0.3 is 0 Å². The predicted molar refractivity (Wildman–Crippen MR) is 61.3 cm³/mol. The summed E-state index contributed by atoms with van der Waals surface area (Å²) >= 11 is 0. The molecule has 1 rings (SSSR count). The number of aromatic hydroxyl groups is 2. The number of rotatable bonds is 4. The van der Waals surface area contributed by atoms with Gasteiger partial charge in [0.05, 0.1) is 0 Å². The fourth-order valence-electron chi connectivity index (χ4n) is 1.51. The van der Waals surface area contributed by atoms with Gasteiger partial charge in [0.2, 0.25) is 5.91 Å². The highest BCUT2D eigenvalue weighted by molar-refractivity contribution is 5.72. The highest BCUT2D eigenvalue weighted by atomic mass is 16.3. The second kappa shape index (κ2) is 5.39. The average molecular weight is 223 g/mol. The Hall–Kier alpha value is -1.71. The van der Waals surface area contributed by atoms with Gasteiger partial charge < -0.3 is 15.5 Å². The summed E-state index contributed by atoms with van der Waals surface area (Å²) in [6.07, 6.45) is 0.612. The third-order valence-corrected chi connectivity index (χ3v) is 2.37. The Labute approximate surface area is 94.9 Å². The molecule has 0 aliphatic rings. The summed E-state index contributed by atoms with van der Waals surface area (Å²) in [5, 5.41) is 21.6. The smallest absolute Gasteiger partial charge is 0.216 e. The van der Waals surface area contributed by atoms with Crippen LogP contribution in [0.4, 0.5) is 0 Å². The van der Waals surface area contributed by atoms with Crippen LogP contribution in [0, 0.1) is 5.92 Å². The fourth-order valence-corrected chi connectivity index (χ4v) is 1.51. The molecule has 16 heavy (non-hydrogen) atoms. The maximum Gasteiger partial charge on any atom is 0.216 e. The monoisotopic (exact) mass is 223 g/mol. The van der Waals surface area contributed by atoms with Crippen molar-refractivity contribution < 1.29 is 15.0 Å². The van der Waals surface area contributed by atoms with Crippen molar-refractivity contribution in [2.24, 2.45) is 5.92 Å². The zero-order valence-corrected chi connectivity index (χ0v) is 9.53. The van der Waals surface area contributed by atoms with Gasteiger partial charge in [-0.1, -0.05) is 19.1 Å². The molecule has 4 nitrogen and oxygen atoms in total. The number of nitrogens with one attached hydrogen (secondary N) is 1. The van der Waals surface area contributed by atoms with E-state index >= 15 is 0 Å². The van der Waals surface area contributed by atoms with Gasteiger partial charge in [0, 0.05) is 13.5 Å². The minimum Gasteiger partial charge on any atom is -0.504 e. The van der Waals surface area contributed by atoms with Crippen LogP contribution in [0.3, 0.4) is 0 Å². The van der Waals surface area contributed by atoms with E-state index in [2.05, 4.69) is 5.32 Å². The number of benzene rings is 1. The lowest BCUT2D eigenvalue weighted by Gasteiger charge is -2.13. The third-order valence-electron chi connectivity index (χ3n) is 2.37. The topological polar surface area (TPSA) is 69.6 Å². The lowest BCUT2D eigenvalue weighted by Crippen LogP contribution is -2.26. The molecule has 0 saturated heterocycles. The number of para-hydroxylation sites is 1. The highest BCUT2D eigenvalue weighted by Crippen LogP contribution is 2.29. The van der Waals surface area contributed by atoms with Crippen LogP contribution in [0.25, 0.3) is 0 Å². The number of hydrogen-bond donors (Lipinski definition) is 3. The standard InChI is InChI=1S/C12H17NO3/c1-8(7-13-9(2)14)6-10-4-3-5-11(15)12(10)16/h3-5,8,15-16H,6-7H2,1-2H3,(H,13,14). The summed E-state index contributed by atoms with van der Waals surface area (Å²) in [5.41, 5.74) is 0.692. The van der Waals surface area contributed by atoms with E-state index in [4.69, 9.17) is 0 Å². The van der Waals surface area contributed by atoms with Crippen molar-refractivity contribution in [2.45, 2.75) is 20.3 Å². The SMILES string of the molecule is CC(=O)NCC(C)Cc1cccc(O)c1O. The van der Waals surface area contributed by atoms with Crippen LogP contribution in [0.1, 0.15) is 19.4 Å². The van der Waals surface area contributed by atoms with Crippen LogP contribution in [-0.2, 0) is 11.2 Å². The number of hydrogen-bond acceptors (Lipinski definition) is 3. The second-order valence-electron chi connectivity index (χ2n) is 4.03. The van der Waals surface area contributed by atoms with Crippen molar-refractivity contribution >= 4 is 5.91 Å². The van der Waals surface area contributed by atoms with Gasteiger partial charge in [0.1, 0.15) is 0 Å². The van der Waals surface area contributed by atoms with E-state index in [1.165, 1.54) is 13.0 Å². The maximum atomic E-state index is 10.7. The number of carbonyl (C=O) groups is 1. The minimum atomic E-state index is -0.107. The van der Waals surface area contributed by atoms with Crippen molar-refractivity contribution in [1.82, 2.24) is 5.32 Å². The van der Waals surface area contributed by atoms with Gasteiger partial charge in [-0.15, -0.1) is 0 Å². The summed E-state index contributed by atoms with van der Waals surface area (Å²) in [7, 11) is 0. The maximum absolute atomic E-state index is 10.7. The van der Waals surface area contributed by atoms with Gasteiger partial charge in [-0.05, 0) is 24.0 Å². The molecule has 3 N–H and O–H groups in total. The van der Waals surface area contributed by atoms with E-state index < -0.39 is 0 Å². The summed E-state index contributed by atoms with van der Waals surface area (Å²) in [6, 6.07) is 4.89. The first kappa shape index (κ1) is 12.4. The Morgan fingerprint density at radius 2 is 2.12 bits per heavy atom. The van der Waals surface area contributed by atoms with Gasteiger partial charge in [-0.25, -0.2) is 0 Å². The molecule has 0 radical (unpaired) electrons. The molecular formula is C12H17NO3. The summed E-state index contributed by atoms with van der Waals surface area (Å²) in [4.78, 5) is 10.7. The van der Waals surface area contributed by atoms with E-state index in [1.54, 1.807) is 12.1 Å². The van der Waals surface area contributed by atoms with Crippen molar-refractivity contribution in [2.75, 3.05) is 6.54 Å². The van der Waals surface area contributed by atoms with E-state index in [-0.39, 0.29) is 23.3 Å². The fraction of sp³-hybridized carbons (Fsp3) is 0.417. The average Bonchev–Trinajstić information content (AvgIpc) is 2.22. The Morgan fingerprint density at radius 1 is 1.44 bits per heavy atom. The lowest BCUT2D eigenvalue weighted by atomic mass is 10.00. The van der Waals surface area contributed by atoms with Crippen molar-refractivity contribution in [1.29, 1.82) is 0 Å². The predicted octanol–water partition coefficient (Wildman–Crippen LogP) is 1.41. The van der Waals surface area contributed by atoms with Crippen LogP contribution in [0.2, 0.25) is 0 Å². The molecule has 1 amide bonds. The molecule has 0 heterocycles. The molecule has 0 aliphatic carbocycles. The normalized spacial score (nSPS) is 12.1. The van der Waals surface area contributed by atoms with Crippen molar-refractivity contribution in [3.05, 3.63) is 23.8 Å². The molecule has 1 aromatic rings. The lowest BCUT2D eigenvalue weighted by molar-refractivity contribution is -0.119. The molecule has 0 spiro atoms. The first-order chi connectivity index (χ1) is 7.50. The second-order valence-corrected chi connectivity index (χ2v) is 4.03. The molecule has 0 aliphatic heterocycles. The molecule has 0 saturated carbocycles. The highest BCUT2D eigenvalue weighted by Gasteiger charge is 2.10. The van der Waals surface area contributed by atoms with Gasteiger partial charge in [-0.2, -0.15) is 0 Å². The Balaban J connectivity index is 2.59. The van der Waals surface area contributed by atoms with Crippen molar-refractivity contribution in [3.8, 4) is 11.5 Å². The molecule has 0 fully saturated rings. The third kappa shape index (κ3) is 3.46. The van der Waals surface area contributed by atoms with Crippen molar-refractivity contribution in [3.63, 3.8) is 0 Å². The number of amides is 1. The molecule has 1 aromatic carbocycles. The Kier molecular flexibility index (Phi) is 4.17. The largest absolute Gasteiger partial charge is 0.504 e. The quantitative estimate of drug-likeness (QED) is 0.676. The summed E-state index contributed by atoms with van der Waals surface area (Å²) < 4.78 is 0. The Morgan fingerprint density at radius 3 is 2.75 bits per heavy atom. The van der Waals surface area contributed by atoms with Crippen LogP contribution in [0.5, 0.6) is 11.5 Å². The molecule has 1 unspecified atom stereocenters. The van der Waals surface area contributed by atoms with E-state index in [1.807, 2.05) is 6.92 Å². The zero-order chi connectivity index (χ0) is 12.1. The summed E-state index contributed by atoms with van der Waals surface area (Å²) in [5.74, 6) is -0.0371. The van der Waals surface area contributed by atoms with Gasteiger partial charge in [0.25, 0.3) is 0 Å². The molecule has 4 heteroatoms. The van der Waals surface area contributed by atoms with E-state index in [0.29, 0.717) is 18.5 Å². The molecule has 88 valence electrons. The van der Waals surface area contributed by atoms with Crippen LogP contribution < -0.4 is 5.32 Å². The number of phenols is 2. The van der Waals surface area contributed by atoms with Crippen LogP contribution >= 0.6 is 0 Å². The van der Waals surface area contributed by atoms with E-state index in [0.717, 1.165) is 0 Å². The van der Waals surface area contributed by atoms with Gasteiger partial charge in [0.15, 0.2) is 11.5 Å². The Bertz CT molecular complexity index is 377. The number of carbonyl (C=O) groups excluding carboxylic acids is 1. The molecule has 0 aromatic heterocycles. The number of phenolic OH excluding ortho intramolecular Hbond substituents is 2. The first-order valence-corrected chi connectivity index (χ1v) is 5.25. The first-order valence-electron chi connectivity index (χ1n) is 5.25. The summed E-state index contributed by atoms with van der Waals surface area (Å²) in [6.45, 7) is 4.00. The van der Waals surface area contributed by atoms with Gasteiger partial charge in [-0.3, -0.25) is 4.79 Å². The van der Waals surface area contributed by atoms with Crippen LogP contribution in [0.15, 0.2) is 18.2 Å². The molecular weight excluding hydrogens is 206 g/mol. The van der Waals surface area contributed by atoms with Crippen LogP contribution in [-0.4, -0.2) is 22.7 Å². The minimum absolute atomic E-state index is 0.0630. The van der Waals surface area contributed by atoms with E-state index in [9.17, 15) is 15.0 Å². The molecule has 0 bridgehead atoms. The zero-order valence-electron chi connectivity index (χ0n) is 9.53. The molecule has 1 atom stereocenters.